The van der Waals surface area contributed by atoms with Gasteiger partial charge in [-0.05, 0) is 69.3 Å². The molecule has 0 aromatic heterocycles. The topological polar surface area (TPSA) is 26.6 Å². The van der Waals surface area contributed by atoms with Crippen molar-refractivity contribution < 1.29 is 9.13 Å². The van der Waals surface area contributed by atoms with Gasteiger partial charge in [0.05, 0.1) is 18.8 Å². The SMILES string of the molecule is FCCCCOc1ccc([C@]2(CN3CCCC3)CCC[N]2)cc1. The van der Waals surface area contributed by atoms with Crippen LogP contribution in [0.4, 0.5) is 4.39 Å². The number of hydrogen-bond acceptors (Lipinski definition) is 2. The van der Waals surface area contributed by atoms with Crippen molar-refractivity contribution in [1.82, 2.24) is 10.2 Å². The lowest BCUT2D eigenvalue weighted by Gasteiger charge is -2.33. The fraction of sp³-hybridized carbons (Fsp3) is 0.684. The van der Waals surface area contributed by atoms with E-state index < -0.39 is 0 Å². The van der Waals surface area contributed by atoms with Crippen LogP contribution in [0.25, 0.3) is 0 Å². The molecular formula is C19H28FN2O. The first-order valence-corrected chi connectivity index (χ1v) is 9.03. The molecule has 127 valence electrons. The van der Waals surface area contributed by atoms with Gasteiger partial charge in [0.2, 0.25) is 0 Å². The molecule has 0 aliphatic carbocycles. The van der Waals surface area contributed by atoms with Crippen LogP contribution in [0.2, 0.25) is 0 Å². The summed E-state index contributed by atoms with van der Waals surface area (Å²) in [7, 11) is 0. The smallest absolute Gasteiger partial charge is 0.119 e. The van der Waals surface area contributed by atoms with Gasteiger partial charge in [0.15, 0.2) is 0 Å². The Morgan fingerprint density at radius 1 is 1.09 bits per heavy atom. The van der Waals surface area contributed by atoms with Crippen molar-refractivity contribution in [2.24, 2.45) is 0 Å². The van der Waals surface area contributed by atoms with Gasteiger partial charge in [-0.25, -0.2) is 5.32 Å². The third-order valence-electron chi connectivity index (χ3n) is 5.04. The molecule has 0 saturated carbocycles. The van der Waals surface area contributed by atoms with Crippen LogP contribution in [-0.2, 0) is 5.54 Å². The third-order valence-corrected chi connectivity index (χ3v) is 5.04. The molecule has 0 bridgehead atoms. The average Bonchev–Trinajstić information content (AvgIpc) is 3.25. The molecule has 1 aromatic carbocycles. The van der Waals surface area contributed by atoms with E-state index in [1.165, 1.54) is 37.9 Å². The quantitative estimate of drug-likeness (QED) is 0.686. The molecule has 0 amide bonds. The second-order valence-corrected chi connectivity index (χ2v) is 6.77. The van der Waals surface area contributed by atoms with Crippen molar-refractivity contribution in [2.45, 2.75) is 44.1 Å². The van der Waals surface area contributed by atoms with Crippen LogP contribution in [-0.4, -0.2) is 44.4 Å². The molecule has 23 heavy (non-hydrogen) atoms. The van der Waals surface area contributed by atoms with E-state index in [1.807, 2.05) is 12.1 Å². The van der Waals surface area contributed by atoms with Gasteiger partial charge in [0, 0.05) is 13.1 Å². The summed E-state index contributed by atoms with van der Waals surface area (Å²) < 4.78 is 17.8. The Morgan fingerprint density at radius 2 is 1.87 bits per heavy atom. The van der Waals surface area contributed by atoms with E-state index in [-0.39, 0.29) is 12.2 Å². The molecule has 2 aliphatic heterocycles. The Morgan fingerprint density at radius 3 is 2.52 bits per heavy atom. The maximum absolute atomic E-state index is 12.1. The van der Waals surface area contributed by atoms with Gasteiger partial charge in [-0.15, -0.1) is 0 Å². The van der Waals surface area contributed by atoms with E-state index in [9.17, 15) is 4.39 Å². The van der Waals surface area contributed by atoms with Crippen molar-refractivity contribution in [3.8, 4) is 5.75 Å². The number of hydrogen-bond donors (Lipinski definition) is 0. The Hall–Kier alpha value is -1.13. The molecular weight excluding hydrogens is 291 g/mol. The van der Waals surface area contributed by atoms with Crippen LogP contribution in [0.3, 0.4) is 0 Å². The zero-order valence-electron chi connectivity index (χ0n) is 14.0. The summed E-state index contributed by atoms with van der Waals surface area (Å²) in [5.74, 6) is 0.877. The second kappa shape index (κ2) is 8.11. The summed E-state index contributed by atoms with van der Waals surface area (Å²) in [5, 5.41) is 4.99. The Kier molecular flexibility index (Phi) is 5.90. The summed E-state index contributed by atoms with van der Waals surface area (Å²) in [6.07, 6.45) is 6.33. The highest BCUT2D eigenvalue weighted by atomic mass is 19.1. The summed E-state index contributed by atoms with van der Waals surface area (Å²) in [6.45, 7) is 4.80. The van der Waals surface area contributed by atoms with Gasteiger partial charge in [0.1, 0.15) is 5.75 Å². The monoisotopic (exact) mass is 319 g/mol. The fourth-order valence-corrected chi connectivity index (χ4v) is 3.76. The molecule has 3 rings (SSSR count). The molecule has 0 N–H and O–H groups in total. The number of alkyl halides is 1. The van der Waals surface area contributed by atoms with Gasteiger partial charge >= 0.3 is 0 Å². The van der Waals surface area contributed by atoms with Crippen LogP contribution in [0.15, 0.2) is 24.3 Å². The highest BCUT2D eigenvalue weighted by Gasteiger charge is 2.38. The second-order valence-electron chi connectivity index (χ2n) is 6.77. The molecule has 1 atom stereocenters. The van der Waals surface area contributed by atoms with Crippen LogP contribution >= 0.6 is 0 Å². The van der Waals surface area contributed by atoms with Crippen molar-refractivity contribution in [2.75, 3.05) is 39.5 Å². The number of likely N-dealkylation sites (tertiary alicyclic amines) is 1. The predicted molar refractivity (Wildman–Crippen MR) is 90.7 cm³/mol. The lowest BCUT2D eigenvalue weighted by Crippen LogP contribution is -2.43. The summed E-state index contributed by atoms with van der Waals surface area (Å²) >= 11 is 0. The molecule has 2 heterocycles. The Balaban J connectivity index is 1.63. The van der Waals surface area contributed by atoms with Gasteiger partial charge in [-0.2, -0.15) is 0 Å². The zero-order chi connectivity index (χ0) is 16.0. The van der Waals surface area contributed by atoms with Gasteiger partial charge < -0.3 is 9.64 Å². The van der Waals surface area contributed by atoms with E-state index in [4.69, 9.17) is 10.1 Å². The molecule has 3 nitrogen and oxygen atoms in total. The number of unbranched alkanes of at least 4 members (excludes halogenated alkanes) is 1. The lowest BCUT2D eigenvalue weighted by atomic mass is 9.87. The van der Waals surface area contributed by atoms with Crippen molar-refractivity contribution in [1.29, 1.82) is 0 Å². The Bertz CT molecular complexity index is 465. The van der Waals surface area contributed by atoms with Gasteiger partial charge in [-0.1, -0.05) is 12.1 Å². The highest BCUT2D eigenvalue weighted by Crippen LogP contribution is 2.35. The number of benzene rings is 1. The average molecular weight is 319 g/mol. The van der Waals surface area contributed by atoms with Gasteiger partial charge in [-0.3, -0.25) is 4.39 Å². The minimum atomic E-state index is -0.261. The molecule has 1 aromatic rings. The number of rotatable bonds is 8. The standard InChI is InChI=1S/C19H28FN2O/c20-11-1-4-15-23-18-8-6-17(7-9-18)19(10-5-12-21-19)16-22-13-2-3-14-22/h6-9H,1-5,10-16H2/t19-/m1/s1. The van der Waals surface area contributed by atoms with Crippen molar-refractivity contribution >= 4 is 0 Å². The Labute approximate surface area is 139 Å². The summed E-state index contributed by atoms with van der Waals surface area (Å²) in [4.78, 5) is 2.57. The molecule has 2 fully saturated rings. The molecule has 4 heteroatoms. The van der Waals surface area contributed by atoms with E-state index in [0.717, 1.165) is 31.7 Å². The third kappa shape index (κ3) is 4.24. The normalized spacial score (nSPS) is 25.1. The highest BCUT2D eigenvalue weighted by molar-refractivity contribution is 5.33. The lowest BCUT2D eigenvalue weighted by molar-refractivity contribution is 0.223. The minimum absolute atomic E-state index is 0.0168. The van der Waals surface area contributed by atoms with Crippen molar-refractivity contribution in [3.63, 3.8) is 0 Å². The fourth-order valence-electron chi connectivity index (χ4n) is 3.76. The summed E-state index contributed by atoms with van der Waals surface area (Å²) in [5.41, 5.74) is 1.30. The zero-order valence-corrected chi connectivity index (χ0v) is 14.0. The number of ether oxygens (including phenoxy) is 1. The molecule has 2 aliphatic rings. The van der Waals surface area contributed by atoms with Crippen LogP contribution < -0.4 is 10.1 Å². The first kappa shape index (κ1) is 16.7. The molecule has 1 radical (unpaired) electrons. The van der Waals surface area contributed by atoms with E-state index in [2.05, 4.69) is 17.0 Å². The molecule has 0 unspecified atom stereocenters. The maximum atomic E-state index is 12.1. The van der Waals surface area contributed by atoms with Crippen LogP contribution in [0, 0.1) is 0 Å². The predicted octanol–water partition coefficient (Wildman–Crippen LogP) is 3.50. The van der Waals surface area contributed by atoms with Crippen LogP contribution in [0.1, 0.15) is 44.1 Å². The number of nitrogens with zero attached hydrogens (tertiary/aromatic N) is 2. The first-order chi connectivity index (χ1) is 11.3. The number of halogens is 1. The maximum Gasteiger partial charge on any atom is 0.119 e. The van der Waals surface area contributed by atoms with E-state index in [1.54, 1.807) is 0 Å². The van der Waals surface area contributed by atoms with E-state index >= 15 is 0 Å². The van der Waals surface area contributed by atoms with Gasteiger partial charge in [0.25, 0.3) is 0 Å². The van der Waals surface area contributed by atoms with Crippen LogP contribution in [0.5, 0.6) is 5.75 Å². The minimum Gasteiger partial charge on any atom is -0.494 e. The largest absolute Gasteiger partial charge is 0.494 e. The molecule has 2 saturated heterocycles. The van der Waals surface area contributed by atoms with E-state index in [0.29, 0.717) is 13.0 Å². The van der Waals surface area contributed by atoms with Crippen molar-refractivity contribution in [3.05, 3.63) is 29.8 Å². The first-order valence-electron chi connectivity index (χ1n) is 9.03. The summed E-state index contributed by atoms with van der Waals surface area (Å²) in [6, 6.07) is 8.44. The molecule has 0 spiro atoms.